The summed E-state index contributed by atoms with van der Waals surface area (Å²) in [5, 5.41) is 13.1. The SMILES string of the molecule is O=C(O)[C@@H]1CCCN(CCON=Cc2ccccc2-c2ccc(F)cc2F)C1. The van der Waals surface area contributed by atoms with Crippen LogP contribution >= 0.6 is 0 Å². The Bertz CT molecular complexity index is 857. The summed E-state index contributed by atoms with van der Waals surface area (Å²) in [6.07, 6.45) is 3.06. The summed E-state index contributed by atoms with van der Waals surface area (Å²) in [6, 6.07) is 10.5. The van der Waals surface area contributed by atoms with E-state index in [9.17, 15) is 13.6 Å². The Balaban J connectivity index is 1.57. The number of hydrogen-bond acceptors (Lipinski definition) is 4. The number of likely N-dealkylation sites (tertiary alicyclic amines) is 1. The van der Waals surface area contributed by atoms with Gasteiger partial charge in [-0.05, 0) is 37.1 Å². The van der Waals surface area contributed by atoms with Crippen LogP contribution < -0.4 is 0 Å². The Morgan fingerprint density at radius 1 is 1.25 bits per heavy atom. The number of hydrogen-bond donors (Lipinski definition) is 1. The Morgan fingerprint density at radius 3 is 2.86 bits per heavy atom. The van der Waals surface area contributed by atoms with Gasteiger partial charge in [0.05, 0.1) is 12.1 Å². The van der Waals surface area contributed by atoms with Gasteiger partial charge in [0.25, 0.3) is 0 Å². The molecule has 148 valence electrons. The molecule has 1 fully saturated rings. The molecular formula is C21H22F2N2O3. The quantitative estimate of drug-likeness (QED) is 0.446. The summed E-state index contributed by atoms with van der Waals surface area (Å²) in [5.74, 6) is -2.35. The number of carbonyl (C=O) groups is 1. The average Bonchev–Trinajstić information content (AvgIpc) is 2.68. The normalized spacial score (nSPS) is 17.7. The minimum Gasteiger partial charge on any atom is -0.481 e. The van der Waals surface area contributed by atoms with E-state index >= 15 is 0 Å². The van der Waals surface area contributed by atoms with E-state index in [-0.39, 0.29) is 11.5 Å². The van der Waals surface area contributed by atoms with E-state index < -0.39 is 17.6 Å². The van der Waals surface area contributed by atoms with Crippen molar-refractivity contribution in [2.45, 2.75) is 12.8 Å². The van der Waals surface area contributed by atoms with Gasteiger partial charge < -0.3 is 9.94 Å². The summed E-state index contributed by atoms with van der Waals surface area (Å²) in [7, 11) is 0. The number of aliphatic carboxylic acids is 1. The first kappa shape index (κ1) is 19.9. The summed E-state index contributed by atoms with van der Waals surface area (Å²) < 4.78 is 27.2. The zero-order valence-electron chi connectivity index (χ0n) is 15.4. The lowest BCUT2D eigenvalue weighted by Gasteiger charge is -2.29. The molecule has 1 atom stereocenters. The number of oxime groups is 1. The average molecular weight is 388 g/mol. The third kappa shape index (κ3) is 5.13. The Labute approximate surface area is 162 Å². The van der Waals surface area contributed by atoms with Crippen LogP contribution in [0.15, 0.2) is 47.6 Å². The molecule has 0 unspecified atom stereocenters. The Kier molecular flexibility index (Phi) is 6.71. The van der Waals surface area contributed by atoms with E-state index in [4.69, 9.17) is 9.94 Å². The number of benzene rings is 2. The van der Waals surface area contributed by atoms with Gasteiger partial charge in [-0.2, -0.15) is 0 Å². The first-order valence-corrected chi connectivity index (χ1v) is 9.19. The minimum absolute atomic E-state index is 0.288. The molecule has 28 heavy (non-hydrogen) atoms. The molecule has 0 amide bonds. The van der Waals surface area contributed by atoms with Crippen molar-refractivity contribution in [1.29, 1.82) is 0 Å². The molecule has 0 aliphatic carbocycles. The minimum atomic E-state index is -0.756. The second kappa shape index (κ2) is 9.41. The molecule has 5 nitrogen and oxygen atoms in total. The molecule has 1 N–H and O–H groups in total. The van der Waals surface area contributed by atoms with Crippen LogP contribution in [0.5, 0.6) is 0 Å². The summed E-state index contributed by atoms with van der Waals surface area (Å²) in [5.41, 5.74) is 1.53. The second-order valence-corrected chi connectivity index (χ2v) is 6.76. The van der Waals surface area contributed by atoms with Crippen molar-refractivity contribution in [2.75, 3.05) is 26.2 Å². The number of halogens is 2. The first-order chi connectivity index (χ1) is 13.5. The highest BCUT2D eigenvalue weighted by Crippen LogP contribution is 2.26. The molecule has 0 saturated carbocycles. The van der Waals surface area contributed by atoms with Crippen LogP contribution in [-0.4, -0.2) is 48.4 Å². The van der Waals surface area contributed by atoms with E-state index in [2.05, 4.69) is 10.1 Å². The highest BCUT2D eigenvalue weighted by molar-refractivity contribution is 5.90. The fourth-order valence-electron chi connectivity index (χ4n) is 3.34. The highest BCUT2D eigenvalue weighted by Gasteiger charge is 2.24. The largest absolute Gasteiger partial charge is 0.481 e. The predicted molar refractivity (Wildman–Crippen MR) is 102 cm³/mol. The molecule has 0 bridgehead atoms. The fraction of sp³-hybridized carbons (Fsp3) is 0.333. The Morgan fingerprint density at radius 2 is 2.07 bits per heavy atom. The van der Waals surface area contributed by atoms with E-state index in [1.807, 2.05) is 0 Å². The lowest BCUT2D eigenvalue weighted by atomic mass is 9.98. The van der Waals surface area contributed by atoms with Crippen molar-refractivity contribution in [3.63, 3.8) is 0 Å². The van der Waals surface area contributed by atoms with E-state index in [0.717, 1.165) is 19.0 Å². The van der Waals surface area contributed by atoms with Crippen LogP contribution in [0.2, 0.25) is 0 Å². The van der Waals surface area contributed by atoms with Crippen LogP contribution in [0.4, 0.5) is 8.78 Å². The molecule has 2 aromatic carbocycles. The molecule has 0 aromatic heterocycles. The number of piperidine rings is 1. The van der Waals surface area contributed by atoms with Gasteiger partial charge in [0, 0.05) is 30.3 Å². The van der Waals surface area contributed by atoms with Gasteiger partial charge in [0.15, 0.2) is 0 Å². The molecule has 3 rings (SSSR count). The monoisotopic (exact) mass is 388 g/mol. The molecule has 2 aromatic rings. The lowest BCUT2D eigenvalue weighted by Crippen LogP contribution is -2.40. The van der Waals surface area contributed by atoms with Crippen molar-refractivity contribution in [2.24, 2.45) is 11.1 Å². The van der Waals surface area contributed by atoms with Crippen LogP contribution in [0, 0.1) is 17.6 Å². The summed E-state index contributed by atoms with van der Waals surface area (Å²) >= 11 is 0. The molecule has 0 spiro atoms. The third-order valence-corrected chi connectivity index (χ3v) is 4.80. The number of carboxylic acids is 1. The number of nitrogens with zero attached hydrogens (tertiary/aromatic N) is 2. The van der Waals surface area contributed by atoms with Crippen molar-refractivity contribution in [3.05, 3.63) is 59.7 Å². The van der Waals surface area contributed by atoms with E-state index in [1.54, 1.807) is 24.3 Å². The van der Waals surface area contributed by atoms with Gasteiger partial charge in [0.2, 0.25) is 0 Å². The van der Waals surface area contributed by atoms with Crippen molar-refractivity contribution in [1.82, 2.24) is 4.90 Å². The zero-order valence-corrected chi connectivity index (χ0v) is 15.4. The van der Waals surface area contributed by atoms with Gasteiger partial charge >= 0.3 is 5.97 Å². The fourth-order valence-corrected chi connectivity index (χ4v) is 3.34. The molecular weight excluding hydrogens is 366 g/mol. The smallest absolute Gasteiger partial charge is 0.307 e. The number of carboxylic acid groups (broad SMARTS) is 1. The maximum absolute atomic E-state index is 14.1. The van der Waals surface area contributed by atoms with E-state index in [1.165, 1.54) is 18.3 Å². The molecule has 7 heteroatoms. The van der Waals surface area contributed by atoms with Crippen LogP contribution in [-0.2, 0) is 9.63 Å². The third-order valence-electron chi connectivity index (χ3n) is 4.80. The van der Waals surface area contributed by atoms with Crippen molar-refractivity contribution >= 4 is 12.2 Å². The summed E-state index contributed by atoms with van der Waals surface area (Å²) in [4.78, 5) is 18.5. The van der Waals surface area contributed by atoms with Crippen LogP contribution in [0.25, 0.3) is 11.1 Å². The van der Waals surface area contributed by atoms with Crippen LogP contribution in [0.1, 0.15) is 18.4 Å². The van der Waals surface area contributed by atoms with Gasteiger partial charge in [-0.1, -0.05) is 29.4 Å². The van der Waals surface area contributed by atoms with Gasteiger partial charge in [-0.25, -0.2) is 8.78 Å². The molecule has 0 radical (unpaired) electrons. The molecule has 1 aliphatic rings. The molecule has 1 saturated heterocycles. The van der Waals surface area contributed by atoms with Crippen molar-refractivity contribution in [3.8, 4) is 11.1 Å². The Hall–Kier alpha value is -2.80. The topological polar surface area (TPSA) is 62.1 Å². The maximum Gasteiger partial charge on any atom is 0.307 e. The van der Waals surface area contributed by atoms with Crippen molar-refractivity contribution < 1.29 is 23.5 Å². The van der Waals surface area contributed by atoms with Crippen LogP contribution in [0.3, 0.4) is 0 Å². The zero-order chi connectivity index (χ0) is 19.9. The predicted octanol–water partition coefficient (Wildman–Crippen LogP) is 3.78. The molecule has 1 heterocycles. The lowest BCUT2D eigenvalue weighted by molar-refractivity contribution is -0.143. The second-order valence-electron chi connectivity index (χ2n) is 6.76. The van der Waals surface area contributed by atoms with Gasteiger partial charge in [0.1, 0.15) is 18.2 Å². The van der Waals surface area contributed by atoms with Gasteiger partial charge in [-0.3, -0.25) is 9.69 Å². The highest BCUT2D eigenvalue weighted by atomic mass is 19.1. The molecule has 1 aliphatic heterocycles. The maximum atomic E-state index is 14.1. The van der Waals surface area contributed by atoms with E-state index in [0.29, 0.717) is 37.2 Å². The number of rotatable bonds is 7. The summed E-state index contributed by atoms with van der Waals surface area (Å²) in [6.45, 7) is 2.30. The standard InChI is InChI=1S/C21H22F2N2O3/c22-17-7-8-19(20(23)12-17)18-6-2-1-4-15(18)13-24-28-11-10-25-9-3-5-16(14-25)21(26)27/h1-2,4,6-8,12-13,16H,3,5,9-11,14H2,(H,26,27)/t16-/m1/s1. The first-order valence-electron chi connectivity index (χ1n) is 9.19. The van der Waals surface area contributed by atoms with Gasteiger partial charge in [-0.15, -0.1) is 0 Å².